The Hall–Kier alpha value is -2.40. The summed E-state index contributed by atoms with van der Waals surface area (Å²) in [6.45, 7) is 7.30. The number of fused-ring (bicyclic) bond motifs is 3. The van der Waals surface area contributed by atoms with Crippen molar-refractivity contribution >= 4 is 35.2 Å². The first-order valence-electron chi connectivity index (χ1n) is 9.85. The fourth-order valence-corrected chi connectivity index (χ4v) is 5.97. The highest BCUT2D eigenvalue weighted by Crippen LogP contribution is 2.42. The van der Waals surface area contributed by atoms with Crippen LogP contribution >= 0.6 is 0 Å². The molecule has 0 saturated heterocycles. The summed E-state index contributed by atoms with van der Waals surface area (Å²) in [6, 6.07) is 6.72. The molecule has 27 heavy (non-hydrogen) atoms. The normalized spacial score (nSPS) is 15.6. The zero-order chi connectivity index (χ0) is 18.8. The first-order valence-corrected chi connectivity index (χ1v) is 13.4. The third-order valence-corrected chi connectivity index (χ3v) is 7.87. The highest BCUT2D eigenvalue weighted by atomic mass is 28.3. The summed E-state index contributed by atoms with van der Waals surface area (Å²) >= 11 is 0. The maximum atomic E-state index is 4.80. The summed E-state index contributed by atoms with van der Waals surface area (Å²) in [7, 11) is 0.489. The first-order chi connectivity index (χ1) is 12.9. The number of H-pyrrole nitrogens is 1. The molecule has 5 heteroatoms. The molecule has 0 atom stereocenters. The molecule has 0 aliphatic heterocycles. The zero-order valence-corrected chi connectivity index (χ0v) is 17.5. The van der Waals surface area contributed by atoms with Crippen LogP contribution in [0, 0.1) is 0 Å². The van der Waals surface area contributed by atoms with Crippen molar-refractivity contribution in [3.63, 3.8) is 0 Å². The molecule has 0 unspecified atom stereocenters. The van der Waals surface area contributed by atoms with Gasteiger partial charge in [-0.05, 0) is 41.3 Å². The molecule has 1 aliphatic rings. The van der Waals surface area contributed by atoms with Crippen LogP contribution in [0.25, 0.3) is 32.9 Å². The van der Waals surface area contributed by atoms with E-state index in [2.05, 4.69) is 54.1 Å². The van der Waals surface area contributed by atoms with Crippen molar-refractivity contribution in [1.82, 2.24) is 19.7 Å². The topological polar surface area (TPSA) is 46.5 Å². The van der Waals surface area contributed by atoms with Gasteiger partial charge in [0, 0.05) is 41.1 Å². The van der Waals surface area contributed by atoms with Crippen molar-refractivity contribution in [2.75, 3.05) is 0 Å². The largest absolute Gasteiger partial charge is 0.347 e. The first kappa shape index (κ1) is 16.7. The predicted octanol–water partition coefficient (Wildman–Crippen LogP) is 4.93. The van der Waals surface area contributed by atoms with Gasteiger partial charge in [-0.3, -0.25) is 4.68 Å². The van der Waals surface area contributed by atoms with Gasteiger partial charge in [-0.2, -0.15) is 5.10 Å². The molecule has 5 rings (SSSR count). The molecular weight excluding hydrogens is 348 g/mol. The van der Waals surface area contributed by atoms with Gasteiger partial charge in [0.25, 0.3) is 0 Å². The quantitative estimate of drug-likeness (QED) is 0.517. The Labute approximate surface area is 160 Å². The van der Waals surface area contributed by atoms with Gasteiger partial charge in [-0.25, -0.2) is 4.98 Å². The summed E-state index contributed by atoms with van der Waals surface area (Å²) in [4.78, 5) is 8.54. The molecule has 0 radical (unpaired) electrons. The highest BCUT2D eigenvalue weighted by molar-refractivity contribution is 6.88. The van der Waals surface area contributed by atoms with Crippen LogP contribution in [0.1, 0.15) is 30.7 Å². The summed E-state index contributed by atoms with van der Waals surface area (Å²) in [5.41, 5.74) is 5.01. The number of rotatable bonds is 3. The highest BCUT2D eigenvalue weighted by Gasteiger charge is 2.32. The molecule has 1 saturated carbocycles. The van der Waals surface area contributed by atoms with E-state index in [0.717, 1.165) is 11.2 Å². The average Bonchev–Trinajstić information content (AvgIpc) is 3.17. The van der Waals surface area contributed by atoms with Crippen LogP contribution in [0.5, 0.6) is 0 Å². The fraction of sp³-hybridized carbons (Fsp3) is 0.364. The Balaban J connectivity index is 1.83. The molecule has 0 amide bonds. The fourth-order valence-electron chi connectivity index (χ4n) is 4.34. The summed E-state index contributed by atoms with van der Waals surface area (Å²) in [5.74, 6) is 0.690. The molecule has 0 bridgehead atoms. The molecule has 4 nitrogen and oxygen atoms in total. The predicted molar refractivity (Wildman–Crippen MR) is 115 cm³/mol. The second kappa shape index (κ2) is 5.80. The number of hydrogen-bond acceptors (Lipinski definition) is 2. The number of hydrogen-bond donors (Lipinski definition) is 1. The maximum absolute atomic E-state index is 4.80. The van der Waals surface area contributed by atoms with Crippen LogP contribution < -0.4 is 5.32 Å². The number of aromatic nitrogens is 4. The molecule has 1 N–H and O–H groups in total. The van der Waals surface area contributed by atoms with Gasteiger partial charge in [0.05, 0.1) is 14.3 Å². The Morgan fingerprint density at radius 2 is 1.93 bits per heavy atom. The summed E-state index contributed by atoms with van der Waals surface area (Å²) in [5, 5.41) is 9.74. The smallest absolute Gasteiger partial charge is 0.138 e. The standard InChI is InChI=1S/C22H26N4Si/c1-26-13-17(12-24-26)15-8-9-16-11-23-21-20(18(16)10-15)19(14-6-5-7-14)22(25-21)27(2,3)4/h8-14H,5-7H2,1-4H3,(H,23,25). The zero-order valence-electron chi connectivity index (χ0n) is 16.5. The number of pyridine rings is 1. The van der Waals surface area contributed by atoms with Gasteiger partial charge < -0.3 is 4.98 Å². The van der Waals surface area contributed by atoms with Gasteiger partial charge in [-0.1, -0.05) is 38.2 Å². The lowest BCUT2D eigenvalue weighted by Gasteiger charge is -2.29. The molecule has 1 aliphatic carbocycles. The Kier molecular flexibility index (Phi) is 3.59. The second-order valence-electron chi connectivity index (χ2n) is 8.98. The third kappa shape index (κ3) is 2.64. The minimum Gasteiger partial charge on any atom is -0.347 e. The molecule has 3 heterocycles. The maximum Gasteiger partial charge on any atom is 0.138 e. The number of aryl methyl sites for hydroxylation is 1. The van der Waals surface area contributed by atoms with E-state index in [1.165, 1.54) is 46.3 Å². The number of aromatic amines is 1. The summed E-state index contributed by atoms with van der Waals surface area (Å²) in [6.07, 6.45) is 10.0. The molecule has 1 fully saturated rings. The van der Waals surface area contributed by atoms with Crippen molar-refractivity contribution < 1.29 is 0 Å². The van der Waals surface area contributed by atoms with Crippen molar-refractivity contribution in [2.45, 2.75) is 44.8 Å². The molecule has 4 aromatic rings. The van der Waals surface area contributed by atoms with E-state index in [9.17, 15) is 0 Å². The minimum absolute atomic E-state index is 0.690. The van der Waals surface area contributed by atoms with Crippen LogP contribution in [-0.4, -0.2) is 27.8 Å². The lowest BCUT2D eigenvalue weighted by Crippen LogP contribution is -2.42. The second-order valence-corrected chi connectivity index (χ2v) is 14.0. The van der Waals surface area contributed by atoms with Gasteiger partial charge in [0.15, 0.2) is 0 Å². The molecule has 138 valence electrons. The lowest BCUT2D eigenvalue weighted by molar-refractivity contribution is 0.424. The molecule has 3 aromatic heterocycles. The van der Waals surface area contributed by atoms with Crippen molar-refractivity contribution in [2.24, 2.45) is 7.05 Å². The Morgan fingerprint density at radius 3 is 2.56 bits per heavy atom. The van der Waals surface area contributed by atoms with Gasteiger partial charge in [0.1, 0.15) is 5.65 Å². The Bertz CT molecular complexity index is 1160. The third-order valence-electron chi connectivity index (χ3n) is 5.98. The van der Waals surface area contributed by atoms with Crippen LogP contribution in [0.2, 0.25) is 19.6 Å². The van der Waals surface area contributed by atoms with Crippen LogP contribution in [0.3, 0.4) is 0 Å². The van der Waals surface area contributed by atoms with Crippen molar-refractivity contribution in [1.29, 1.82) is 0 Å². The average molecular weight is 375 g/mol. The SMILES string of the molecule is Cn1cc(-c2ccc3cnc4[nH]c([Si](C)(C)C)c(C5CCC5)c4c3c2)cn1. The van der Waals surface area contributed by atoms with E-state index in [1.54, 1.807) is 5.56 Å². The van der Waals surface area contributed by atoms with E-state index in [4.69, 9.17) is 4.98 Å². The monoisotopic (exact) mass is 374 g/mol. The number of benzene rings is 1. The van der Waals surface area contributed by atoms with Crippen LogP contribution in [-0.2, 0) is 7.05 Å². The van der Waals surface area contributed by atoms with Crippen molar-refractivity contribution in [3.05, 3.63) is 42.4 Å². The van der Waals surface area contributed by atoms with Gasteiger partial charge >= 0.3 is 0 Å². The Morgan fingerprint density at radius 1 is 1.11 bits per heavy atom. The van der Waals surface area contributed by atoms with E-state index in [-0.39, 0.29) is 0 Å². The van der Waals surface area contributed by atoms with E-state index in [1.807, 2.05) is 24.1 Å². The van der Waals surface area contributed by atoms with E-state index < -0.39 is 8.07 Å². The molecule has 1 aromatic carbocycles. The van der Waals surface area contributed by atoms with Crippen LogP contribution in [0.15, 0.2) is 36.8 Å². The molecular formula is C22H26N4Si. The summed E-state index contributed by atoms with van der Waals surface area (Å²) < 4.78 is 1.86. The van der Waals surface area contributed by atoms with Gasteiger partial charge in [-0.15, -0.1) is 0 Å². The van der Waals surface area contributed by atoms with E-state index in [0.29, 0.717) is 5.92 Å². The molecule has 0 spiro atoms. The number of nitrogens with zero attached hydrogens (tertiary/aromatic N) is 3. The van der Waals surface area contributed by atoms with Crippen LogP contribution in [0.4, 0.5) is 0 Å². The van der Waals surface area contributed by atoms with Gasteiger partial charge in [0.2, 0.25) is 0 Å². The van der Waals surface area contributed by atoms with Crippen molar-refractivity contribution in [3.8, 4) is 11.1 Å². The number of nitrogens with one attached hydrogen (secondary N) is 1. The van der Waals surface area contributed by atoms with E-state index >= 15 is 0 Å². The lowest BCUT2D eigenvalue weighted by atomic mass is 9.79. The minimum atomic E-state index is -1.48.